The van der Waals surface area contributed by atoms with Gasteiger partial charge in [-0.1, -0.05) is 24.3 Å². The van der Waals surface area contributed by atoms with E-state index in [1.54, 1.807) is 25.6 Å². The Balaban J connectivity index is 1.14. The summed E-state index contributed by atoms with van der Waals surface area (Å²) in [6.45, 7) is 2.87. The van der Waals surface area contributed by atoms with Gasteiger partial charge in [-0.25, -0.2) is 4.98 Å². The first-order valence-corrected chi connectivity index (χ1v) is 11.6. The molecule has 4 aromatic rings. The first-order valence-electron chi connectivity index (χ1n) is 11.6. The van der Waals surface area contributed by atoms with Crippen LogP contribution in [0.15, 0.2) is 73.1 Å². The second-order valence-electron chi connectivity index (χ2n) is 8.50. The number of anilines is 2. The van der Waals surface area contributed by atoms with E-state index in [9.17, 15) is 9.59 Å². The third kappa shape index (κ3) is 4.96. The van der Waals surface area contributed by atoms with Crippen molar-refractivity contribution in [3.8, 4) is 5.75 Å². The predicted octanol–water partition coefficient (Wildman–Crippen LogP) is 3.72. The molecule has 2 heterocycles. The number of hydrogen-bond acceptors (Lipinski definition) is 5. The maximum atomic E-state index is 12.9. The van der Waals surface area contributed by atoms with Gasteiger partial charge >= 0.3 is 0 Å². The molecule has 0 radical (unpaired) electrons. The number of H-pyrrole nitrogens is 1. The van der Waals surface area contributed by atoms with Crippen LogP contribution in [0.4, 0.5) is 11.4 Å². The smallest absolute Gasteiger partial charge is 0.255 e. The zero-order chi connectivity index (χ0) is 24.2. The summed E-state index contributed by atoms with van der Waals surface area (Å²) in [5.74, 6) is 0.751. The number of amides is 2. The topological polar surface area (TPSA) is 90.6 Å². The molecule has 1 fully saturated rings. The summed E-state index contributed by atoms with van der Waals surface area (Å²) in [6, 6.07) is 20.7. The van der Waals surface area contributed by atoms with Gasteiger partial charge in [0.05, 0.1) is 36.6 Å². The van der Waals surface area contributed by atoms with E-state index in [-0.39, 0.29) is 11.8 Å². The van der Waals surface area contributed by atoms with Gasteiger partial charge in [-0.2, -0.15) is 0 Å². The monoisotopic (exact) mass is 469 g/mol. The highest BCUT2D eigenvalue weighted by Crippen LogP contribution is 2.28. The highest BCUT2D eigenvalue weighted by atomic mass is 16.5. The summed E-state index contributed by atoms with van der Waals surface area (Å²) in [7, 11) is 1.68. The van der Waals surface area contributed by atoms with Gasteiger partial charge in [0.25, 0.3) is 5.91 Å². The molecule has 35 heavy (non-hydrogen) atoms. The highest BCUT2D eigenvalue weighted by Gasteiger charge is 2.23. The van der Waals surface area contributed by atoms with Crippen LogP contribution in [0.25, 0.3) is 11.0 Å². The van der Waals surface area contributed by atoms with Crippen molar-refractivity contribution in [2.24, 2.45) is 0 Å². The fraction of sp³-hybridized carbons (Fsp3) is 0.222. The number of carbonyl (C=O) groups excluding carboxylic acids is 2. The fourth-order valence-electron chi connectivity index (χ4n) is 4.36. The maximum absolute atomic E-state index is 12.9. The molecule has 1 aliphatic heterocycles. The van der Waals surface area contributed by atoms with E-state index in [4.69, 9.17) is 4.74 Å². The number of imidazole rings is 1. The van der Waals surface area contributed by atoms with Crippen LogP contribution in [0.1, 0.15) is 15.9 Å². The summed E-state index contributed by atoms with van der Waals surface area (Å²) in [4.78, 5) is 36.8. The van der Waals surface area contributed by atoms with E-state index in [0.717, 1.165) is 41.1 Å². The first-order chi connectivity index (χ1) is 17.1. The molecular formula is C27H27N5O3. The molecule has 0 atom stereocenters. The standard InChI is InChI=1S/C27H27N5O3/c1-35-25-5-3-2-4-24(25)31-12-14-32(15-13-31)26(33)16-19-6-9-21(10-7-19)30-27(34)20-8-11-22-23(17-20)29-18-28-22/h2-11,17-18H,12-16H2,1H3,(H,28,29)(H,30,34). The second kappa shape index (κ2) is 9.89. The van der Waals surface area contributed by atoms with Gasteiger partial charge in [-0.05, 0) is 48.0 Å². The molecule has 0 aliphatic carbocycles. The lowest BCUT2D eigenvalue weighted by molar-refractivity contribution is -0.130. The van der Waals surface area contributed by atoms with Crippen LogP contribution < -0.4 is 15.0 Å². The number of carbonyl (C=O) groups is 2. The molecule has 3 aromatic carbocycles. The lowest BCUT2D eigenvalue weighted by Gasteiger charge is -2.36. The average molecular weight is 470 g/mol. The number of rotatable bonds is 6. The van der Waals surface area contributed by atoms with Gasteiger partial charge in [-0.15, -0.1) is 0 Å². The number of hydrogen-bond donors (Lipinski definition) is 2. The third-order valence-corrected chi connectivity index (χ3v) is 6.31. The molecule has 8 nitrogen and oxygen atoms in total. The lowest BCUT2D eigenvalue weighted by Crippen LogP contribution is -2.49. The van der Waals surface area contributed by atoms with Crippen molar-refractivity contribution in [3.05, 3.63) is 84.2 Å². The van der Waals surface area contributed by atoms with Gasteiger partial charge in [0.15, 0.2) is 0 Å². The number of piperazine rings is 1. The Kier molecular flexibility index (Phi) is 6.34. The summed E-state index contributed by atoms with van der Waals surface area (Å²) in [5, 5.41) is 2.90. The number of benzene rings is 3. The van der Waals surface area contributed by atoms with E-state index >= 15 is 0 Å². The summed E-state index contributed by atoms with van der Waals surface area (Å²) in [6.07, 6.45) is 1.94. The van der Waals surface area contributed by atoms with Gasteiger partial charge in [0, 0.05) is 37.4 Å². The molecule has 0 unspecified atom stereocenters. The van der Waals surface area contributed by atoms with Crippen molar-refractivity contribution < 1.29 is 14.3 Å². The van der Waals surface area contributed by atoms with Crippen molar-refractivity contribution in [3.63, 3.8) is 0 Å². The fourth-order valence-corrected chi connectivity index (χ4v) is 4.36. The minimum atomic E-state index is -0.202. The van der Waals surface area contributed by atoms with Crippen molar-refractivity contribution in [1.29, 1.82) is 0 Å². The van der Waals surface area contributed by atoms with Crippen LogP contribution in [0.3, 0.4) is 0 Å². The zero-order valence-electron chi connectivity index (χ0n) is 19.5. The van der Waals surface area contributed by atoms with E-state index in [1.807, 2.05) is 59.5 Å². The van der Waals surface area contributed by atoms with Crippen LogP contribution in [0, 0.1) is 0 Å². The van der Waals surface area contributed by atoms with Crippen LogP contribution in [-0.2, 0) is 11.2 Å². The molecule has 2 N–H and O–H groups in total. The minimum absolute atomic E-state index is 0.105. The van der Waals surface area contributed by atoms with Crippen LogP contribution in [-0.4, -0.2) is 60.0 Å². The largest absolute Gasteiger partial charge is 0.495 e. The average Bonchev–Trinajstić information content (AvgIpc) is 3.38. The van der Waals surface area contributed by atoms with E-state index in [1.165, 1.54) is 0 Å². The van der Waals surface area contributed by atoms with E-state index in [2.05, 4.69) is 20.2 Å². The Morgan fingerprint density at radius 2 is 1.77 bits per heavy atom. The maximum Gasteiger partial charge on any atom is 0.255 e. The molecule has 5 rings (SSSR count). The van der Waals surface area contributed by atoms with Gasteiger partial charge in [-0.3, -0.25) is 9.59 Å². The Morgan fingerprint density at radius 3 is 2.54 bits per heavy atom. The third-order valence-electron chi connectivity index (χ3n) is 6.31. The lowest BCUT2D eigenvalue weighted by atomic mass is 10.1. The van der Waals surface area contributed by atoms with Crippen LogP contribution in [0.2, 0.25) is 0 Å². The molecule has 0 bridgehead atoms. The molecule has 1 saturated heterocycles. The molecule has 1 aromatic heterocycles. The Bertz CT molecular complexity index is 1340. The van der Waals surface area contributed by atoms with Crippen LogP contribution in [0.5, 0.6) is 5.75 Å². The highest BCUT2D eigenvalue weighted by molar-refractivity contribution is 6.05. The number of para-hydroxylation sites is 2. The predicted molar refractivity (Wildman–Crippen MR) is 136 cm³/mol. The molecule has 0 spiro atoms. The SMILES string of the molecule is COc1ccccc1N1CCN(C(=O)Cc2ccc(NC(=O)c3ccc4[nH]cnc4c3)cc2)CC1. The number of ether oxygens (including phenoxy) is 1. The van der Waals surface area contributed by atoms with Gasteiger partial charge in [0.1, 0.15) is 5.75 Å². The summed E-state index contributed by atoms with van der Waals surface area (Å²) in [5.41, 5.74) is 4.82. The normalized spacial score (nSPS) is 13.6. The zero-order valence-corrected chi connectivity index (χ0v) is 19.5. The number of methoxy groups -OCH3 is 1. The number of aromatic nitrogens is 2. The molecule has 0 saturated carbocycles. The van der Waals surface area contributed by atoms with Crippen molar-refractivity contribution in [1.82, 2.24) is 14.9 Å². The number of nitrogens with one attached hydrogen (secondary N) is 2. The Hall–Kier alpha value is -4.33. The van der Waals surface area contributed by atoms with Gasteiger partial charge in [0.2, 0.25) is 5.91 Å². The van der Waals surface area contributed by atoms with E-state index < -0.39 is 0 Å². The molecule has 2 amide bonds. The minimum Gasteiger partial charge on any atom is -0.495 e. The van der Waals surface area contributed by atoms with Crippen molar-refractivity contribution in [2.45, 2.75) is 6.42 Å². The number of nitrogens with zero attached hydrogens (tertiary/aromatic N) is 3. The van der Waals surface area contributed by atoms with E-state index in [0.29, 0.717) is 30.8 Å². The number of fused-ring (bicyclic) bond motifs is 1. The first kappa shape index (κ1) is 22.5. The molecule has 1 aliphatic rings. The van der Waals surface area contributed by atoms with Gasteiger partial charge < -0.3 is 24.8 Å². The quantitative estimate of drug-likeness (QED) is 0.449. The molecular weight excluding hydrogens is 442 g/mol. The second-order valence-corrected chi connectivity index (χ2v) is 8.50. The Morgan fingerprint density at radius 1 is 1.00 bits per heavy atom. The number of aromatic amines is 1. The molecule has 178 valence electrons. The van der Waals surface area contributed by atoms with Crippen LogP contribution >= 0.6 is 0 Å². The van der Waals surface area contributed by atoms with Crippen molar-refractivity contribution >= 4 is 34.2 Å². The summed E-state index contributed by atoms with van der Waals surface area (Å²) < 4.78 is 5.47. The Labute approximate surface area is 203 Å². The van der Waals surface area contributed by atoms with Crippen molar-refractivity contribution in [2.75, 3.05) is 43.5 Å². The molecule has 8 heteroatoms. The summed E-state index contributed by atoms with van der Waals surface area (Å²) >= 11 is 0.